The number of allylic oxidation sites excluding steroid dienone is 6. The largest absolute Gasteiger partial charge is 0.479 e. The first-order chi connectivity index (χ1) is 33.1. The number of nitrogens with zero attached hydrogens (tertiary/aromatic N) is 2. The zero-order valence-electron chi connectivity index (χ0n) is 43.1. The number of carboxylic acids is 1. The van der Waals surface area contributed by atoms with Crippen LogP contribution in [0.4, 0.5) is 0 Å². The van der Waals surface area contributed by atoms with E-state index < -0.39 is 90.5 Å². The fourth-order valence-electron chi connectivity index (χ4n) is 10.4. The number of ketones is 2. The van der Waals surface area contributed by atoms with Crippen LogP contribution in [0.25, 0.3) is 0 Å². The molecule has 3 fully saturated rings. The second kappa shape index (κ2) is 27.6. The summed E-state index contributed by atoms with van der Waals surface area (Å²) >= 11 is 0. The van der Waals surface area contributed by atoms with E-state index in [-0.39, 0.29) is 60.7 Å². The zero-order chi connectivity index (χ0) is 51.9. The van der Waals surface area contributed by atoms with Crippen LogP contribution in [0.2, 0.25) is 0 Å². The molecule has 4 rings (SSSR count). The van der Waals surface area contributed by atoms with Gasteiger partial charge in [0.2, 0.25) is 12.4 Å². The van der Waals surface area contributed by atoms with Gasteiger partial charge in [0.25, 0.3) is 11.7 Å². The van der Waals surface area contributed by atoms with E-state index in [9.17, 15) is 44.4 Å². The fourth-order valence-corrected chi connectivity index (χ4v) is 10.4. The number of Topliss-reactive ketones (excluding diaryl/α,β-unsaturated/α-hetero) is 2. The molecule has 3 heterocycles. The van der Waals surface area contributed by atoms with Gasteiger partial charge in [-0.15, -0.1) is 0 Å². The van der Waals surface area contributed by atoms with Crippen molar-refractivity contribution in [2.75, 3.05) is 34.5 Å². The van der Waals surface area contributed by atoms with E-state index in [1.807, 2.05) is 58.1 Å². The van der Waals surface area contributed by atoms with Gasteiger partial charge in [0, 0.05) is 58.5 Å². The number of esters is 1. The highest BCUT2D eigenvalue weighted by Crippen LogP contribution is 2.38. The molecular formula is C53H82N2O15. The van der Waals surface area contributed by atoms with Gasteiger partial charge in [-0.25, -0.2) is 9.59 Å². The maximum atomic E-state index is 14.5. The second-order valence-corrected chi connectivity index (χ2v) is 20.4. The highest BCUT2D eigenvalue weighted by Gasteiger charge is 2.53. The number of carbonyl (C=O) groups excluding carboxylic acids is 4. The Balaban J connectivity index is 1.75. The molecule has 0 radical (unpaired) electrons. The highest BCUT2D eigenvalue weighted by molar-refractivity contribution is 6.39. The maximum Gasteiger partial charge on any atom is 0.344 e. The first-order valence-electron chi connectivity index (χ1n) is 25.2. The molecule has 3 aliphatic heterocycles. The zero-order valence-corrected chi connectivity index (χ0v) is 43.1. The number of aliphatic hydroxyl groups excluding tert-OH is 2. The van der Waals surface area contributed by atoms with Crippen LogP contribution in [0.15, 0.2) is 52.8 Å². The molecule has 0 aromatic heterocycles. The van der Waals surface area contributed by atoms with Crippen LogP contribution < -0.4 is 0 Å². The van der Waals surface area contributed by atoms with Gasteiger partial charge in [0.05, 0.1) is 30.1 Å². The number of hydrogen-bond acceptors (Lipinski definition) is 15. The number of ether oxygens (including phenoxy) is 5. The van der Waals surface area contributed by atoms with Gasteiger partial charge in [-0.1, -0.05) is 76.2 Å². The first kappa shape index (κ1) is 58.5. The molecule has 0 aromatic rings. The lowest BCUT2D eigenvalue weighted by Gasteiger charge is -2.42. The monoisotopic (exact) mass is 987 g/mol. The minimum atomic E-state index is -2.45. The third-order valence-corrected chi connectivity index (χ3v) is 14.9. The smallest absolute Gasteiger partial charge is 0.344 e. The van der Waals surface area contributed by atoms with Crippen LogP contribution in [0.1, 0.15) is 126 Å². The van der Waals surface area contributed by atoms with Gasteiger partial charge in [-0.05, 0) is 107 Å². The van der Waals surface area contributed by atoms with Crippen molar-refractivity contribution in [3.63, 3.8) is 0 Å². The Kier molecular flexibility index (Phi) is 23.1. The predicted octanol–water partition coefficient (Wildman–Crippen LogP) is 6.07. The number of rotatable bonds is 9. The molecular weight excluding hydrogens is 905 g/mol. The third kappa shape index (κ3) is 15.9. The van der Waals surface area contributed by atoms with E-state index in [1.165, 1.54) is 12.0 Å². The number of aliphatic hydroxyl groups is 3. The number of oxime groups is 1. The number of hydrogen-bond donors (Lipinski definition) is 4. The van der Waals surface area contributed by atoms with E-state index in [0.29, 0.717) is 69.8 Å². The Morgan fingerprint density at radius 2 is 1.63 bits per heavy atom. The van der Waals surface area contributed by atoms with E-state index in [2.05, 4.69) is 5.16 Å². The lowest BCUT2D eigenvalue weighted by molar-refractivity contribution is -0.265. The number of cyclic esters (lactones) is 1. The molecule has 0 unspecified atom stereocenters. The predicted molar refractivity (Wildman–Crippen MR) is 261 cm³/mol. The summed E-state index contributed by atoms with van der Waals surface area (Å²) in [5.41, 5.74) is 1.52. The summed E-state index contributed by atoms with van der Waals surface area (Å²) in [6.45, 7) is 12.0. The summed E-state index contributed by atoms with van der Waals surface area (Å²) < 4.78 is 29.7. The summed E-state index contributed by atoms with van der Waals surface area (Å²) in [6, 6.07) is -1.16. The average molecular weight is 987 g/mol. The minimum Gasteiger partial charge on any atom is -0.479 e. The van der Waals surface area contributed by atoms with Crippen molar-refractivity contribution < 1.29 is 72.9 Å². The molecule has 0 spiro atoms. The summed E-state index contributed by atoms with van der Waals surface area (Å²) in [5.74, 6) is -9.10. The Labute approximate surface area is 414 Å². The van der Waals surface area contributed by atoms with Crippen LogP contribution in [0.5, 0.6) is 0 Å². The quantitative estimate of drug-likeness (QED) is 0.0888. The Bertz CT molecular complexity index is 1930. The van der Waals surface area contributed by atoms with Crippen LogP contribution in [0, 0.1) is 35.5 Å². The molecule has 17 heteroatoms. The summed E-state index contributed by atoms with van der Waals surface area (Å²) in [7, 11) is 4.52. The Morgan fingerprint density at radius 1 is 0.900 bits per heavy atom. The lowest BCUT2D eigenvalue weighted by Crippen LogP contribution is -2.61. The highest BCUT2D eigenvalue weighted by atomic mass is 16.6. The van der Waals surface area contributed by atoms with E-state index >= 15 is 0 Å². The molecule has 1 saturated carbocycles. The molecule has 2 saturated heterocycles. The standard InChI is InChI=1S/C53H82N2O15/c1-31-16-12-11-13-17-32(2)43(65-8)28-39-21-19-37(7)53(64,70-39)50(61)51(62)55-23-15-14-18-40(55)52(63)69-44(34(4)26-38-20-22-41(56)45(27-38)66-9)29-42(57)33(3)25-36(6)48(60)49(67-10)47(35(5)24-31)54-68-30-46(58)59/h11-13,16-17,25,31,33-35,37-41,43-45,48-49,56,60,64H,14-15,18-24,26-30H2,1-10H3,(H,58,59)/b13-11?,16-12+,32-17?,36-25+,54-47-/t31-,33-,34-,35-,37-,38+,39+,40+,41-,43+,44+,45-,48-,49+,53-/m1/s1. The van der Waals surface area contributed by atoms with Crippen molar-refractivity contribution in [3.8, 4) is 0 Å². The number of methoxy groups -OCH3 is 3. The maximum absolute atomic E-state index is 14.5. The summed E-state index contributed by atoms with van der Waals surface area (Å²) in [5, 5.41) is 47.8. The van der Waals surface area contributed by atoms with Crippen molar-refractivity contribution in [2.45, 2.75) is 180 Å². The number of fused-ring (bicyclic) bond motifs is 3. The normalized spacial score (nSPS) is 37.6. The third-order valence-electron chi connectivity index (χ3n) is 14.9. The van der Waals surface area contributed by atoms with E-state index in [0.717, 1.165) is 5.57 Å². The minimum absolute atomic E-state index is 0.0171. The number of aliphatic carboxylic acids is 1. The fraction of sp³-hybridized carbons (Fsp3) is 0.736. The van der Waals surface area contributed by atoms with Gasteiger partial charge in [-0.3, -0.25) is 14.4 Å². The number of piperidine rings is 1. The van der Waals surface area contributed by atoms with E-state index in [4.69, 9.17) is 28.5 Å². The summed E-state index contributed by atoms with van der Waals surface area (Å²) in [6.07, 6.45) is 10.9. The van der Waals surface area contributed by atoms with Crippen molar-refractivity contribution >= 4 is 35.1 Å². The van der Waals surface area contributed by atoms with Gasteiger partial charge in [-0.2, -0.15) is 0 Å². The molecule has 0 aromatic carbocycles. The van der Waals surface area contributed by atoms with Crippen LogP contribution in [-0.2, 0) is 52.5 Å². The molecule has 4 N–H and O–H groups in total. The van der Waals surface area contributed by atoms with Crippen LogP contribution in [-0.4, -0.2) is 149 Å². The average Bonchev–Trinajstić information content (AvgIpc) is 3.32. The second-order valence-electron chi connectivity index (χ2n) is 20.4. The molecule has 1 amide bonds. The van der Waals surface area contributed by atoms with E-state index in [1.54, 1.807) is 41.1 Å². The molecule has 4 aliphatic rings. The van der Waals surface area contributed by atoms with Crippen molar-refractivity contribution in [1.29, 1.82) is 0 Å². The van der Waals surface area contributed by atoms with Crippen LogP contribution in [0.3, 0.4) is 0 Å². The van der Waals surface area contributed by atoms with Crippen molar-refractivity contribution in [2.24, 2.45) is 40.7 Å². The topological polar surface area (TPSA) is 237 Å². The van der Waals surface area contributed by atoms with Crippen molar-refractivity contribution in [3.05, 3.63) is 47.6 Å². The first-order valence-corrected chi connectivity index (χ1v) is 25.2. The van der Waals surface area contributed by atoms with Crippen molar-refractivity contribution in [1.82, 2.24) is 4.90 Å². The Morgan fingerprint density at radius 3 is 2.30 bits per heavy atom. The number of carbonyl (C=O) groups is 5. The molecule has 2 bridgehead atoms. The molecule has 15 atom stereocenters. The molecule has 1 aliphatic carbocycles. The summed E-state index contributed by atoms with van der Waals surface area (Å²) in [4.78, 5) is 75.1. The molecule has 394 valence electrons. The van der Waals surface area contributed by atoms with Gasteiger partial charge >= 0.3 is 11.9 Å². The van der Waals surface area contributed by atoms with Gasteiger partial charge in [0.15, 0.2) is 0 Å². The van der Waals surface area contributed by atoms with Crippen LogP contribution >= 0.6 is 0 Å². The number of carboxylic acid groups (broad SMARTS) is 1. The SMILES string of the molecule is CO[C@H]1C[C@@H]2CC[C@@H](C)[C@@](O)(O2)C(=O)C(=O)N2CCCC[C@H]2C(=O)O[C@H]([C@H](C)C[C@@H]2CC[C@@H](O)[C@H](OC)C2)CC(=O)[C@H](C)/C=C(\C)[C@@H](O)[C@@H](OC)/C(=N\OCC(=O)O)[C@H](C)C[C@H](C)/C=C/C=CC=C1C. The number of amides is 1. The lowest BCUT2D eigenvalue weighted by atomic mass is 9.78. The molecule has 70 heavy (non-hydrogen) atoms. The Hall–Kier alpha value is -4.10. The van der Waals surface area contributed by atoms with Gasteiger partial charge in [0.1, 0.15) is 30.1 Å². The molecule has 17 nitrogen and oxygen atoms in total. The van der Waals surface area contributed by atoms with Gasteiger partial charge < -0.3 is 53.8 Å².